The molecule has 30 heavy (non-hydrogen) atoms. The van der Waals surface area contributed by atoms with Crippen molar-refractivity contribution in [2.45, 2.75) is 13.1 Å². The van der Waals surface area contributed by atoms with Gasteiger partial charge in [-0.25, -0.2) is 9.50 Å². The van der Waals surface area contributed by atoms with Crippen LogP contribution in [0.4, 0.5) is 13.2 Å². The fraction of sp³-hybridized carbons (Fsp3) is 0.105. The molecule has 5 aromatic rings. The second-order valence-corrected chi connectivity index (χ2v) is 7.54. The number of nitrogens with zero attached hydrogens (tertiary/aromatic N) is 5. The van der Waals surface area contributed by atoms with Crippen LogP contribution in [-0.4, -0.2) is 29.8 Å². The first-order valence-electron chi connectivity index (χ1n) is 8.71. The Hall–Kier alpha value is -3.60. The lowest BCUT2D eigenvalue weighted by atomic mass is 10.1. The molecule has 0 aliphatic heterocycles. The average molecular weight is 428 g/mol. The van der Waals surface area contributed by atoms with Gasteiger partial charge in [-0.15, -0.1) is 15.3 Å². The van der Waals surface area contributed by atoms with Gasteiger partial charge in [0.25, 0.3) is 0 Å². The highest BCUT2D eigenvalue weighted by Crippen LogP contribution is 2.34. The Balaban J connectivity index is 1.61. The maximum atomic E-state index is 12.8. The van der Waals surface area contributed by atoms with Crippen molar-refractivity contribution < 1.29 is 13.2 Å². The Kier molecular flexibility index (Phi) is 3.97. The van der Waals surface area contributed by atoms with Gasteiger partial charge in [0.1, 0.15) is 5.01 Å². The Morgan fingerprint density at radius 1 is 1.10 bits per heavy atom. The van der Waals surface area contributed by atoms with Gasteiger partial charge >= 0.3 is 6.18 Å². The highest BCUT2D eigenvalue weighted by Gasteiger charge is 2.35. The minimum Gasteiger partial charge on any atom is -0.351 e. The number of para-hydroxylation sites is 1. The molecule has 11 heteroatoms. The summed E-state index contributed by atoms with van der Waals surface area (Å²) in [6, 6.07) is 10.4. The lowest BCUT2D eigenvalue weighted by Crippen LogP contribution is -2.09. The molecule has 0 fully saturated rings. The van der Waals surface area contributed by atoms with Crippen molar-refractivity contribution in [3.63, 3.8) is 0 Å². The summed E-state index contributed by atoms with van der Waals surface area (Å²) in [4.78, 5) is 20.3. The van der Waals surface area contributed by atoms with E-state index in [1.165, 1.54) is 10.7 Å². The normalized spacial score (nSPS) is 12.1. The topological polar surface area (TPSA) is 88.8 Å². The van der Waals surface area contributed by atoms with E-state index in [4.69, 9.17) is 0 Å². The molecular formula is C19H11F3N6OS. The van der Waals surface area contributed by atoms with Gasteiger partial charge in [-0.2, -0.15) is 13.2 Å². The Labute approximate surface area is 169 Å². The molecule has 0 atom stereocenters. The number of hydrogen-bond donors (Lipinski definition) is 1. The van der Waals surface area contributed by atoms with E-state index in [1.54, 1.807) is 37.3 Å². The smallest absolute Gasteiger partial charge is 0.351 e. The number of aromatic amines is 1. The molecule has 4 aromatic heterocycles. The van der Waals surface area contributed by atoms with Crippen LogP contribution in [0.2, 0.25) is 0 Å². The molecule has 0 saturated carbocycles. The molecule has 0 saturated heterocycles. The molecule has 0 aliphatic rings. The van der Waals surface area contributed by atoms with E-state index in [1.807, 2.05) is 6.07 Å². The second kappa shape index (κ2) is 6.46. The highest BCUT2D eigenvalue weighted by atomic mass is 32.1. The van der Waals surface area contributed by atoms with Crippen LogP contribution in [-0.2, 0) is 6.18 Å². The molecule has 5 rings (SSSR count). The van der Waals surface area contributed by atoms with Gasteiger partial charge in [-0.3, -0.25) is 4.79 Å². The SMILES string of the molecule is Cc1c(-c2nc3ccc(-c4nnc(C(F)(F)F)s4)cn3n2)[nH]c2ccccc2c1=O. The Morgan fingerprint density at radius 3 is 2.67 bits per heavy atom. The third-order valence-electron chi connectivity index (χ3n) is 4.62. The predicted molar refractivity (Wildman–Crippen MR) is 105 cm³/mol. The summed E-state index contributed by atoms with van der Waals surface area (Å²) in [6.07, 6.45) is -3.01. The summed E-state index contributed by atoms with van der Waals surface area (Å²) < 4.78 is 39.8. The van der Waals surface area contributed by atoms with E-state index < -0.39 is 11.2 Å². The van der Waals surface area contributed by atoms with Crippen LogP contribution < -0.4 is 5.43 Å². The van der Waals surface area contributed by atoms with Crippen molar-refractivity contribution in [3.8, 4) is 22.1 Å². The number of benzene rings is 1. The van der Waals surface area contributed by atoms with Gasteiger partial charge in [0.05, 0.1) is 5.69 Å². The number of pyridine rings is 2. The maximum absolute atomic E-state index is 12.8. The molecule has 0 spiro atoms. The first-order valence-corrected chi connectivity index (χ1v) is 9.52. The molecule has 0 aliphatic carbocycles. The maximum Gasteiger partial charge on any atom is 0.445 e. The van der Waals surface area contributed by atoms with Gasteiger partial charge in [0.2, 0.25) is 5.01 Å². The van der Waals surface area contributed by atoms with E-state index in [2.05, 4.69) is 25.3 Å². The molecule has 4 heterocycles. The van der Waals surface area contributed by atoms with E-state index in [0.29, 0.717) is 50.5 Å². The zero-order valence-electron chi connectivity index (χ0n) is 15.2. The van der Waals surface area contributed by atoms with Crippen LogP contribution >= 0.6 is 11.3 Å². The van der Waals surface area contributed by atoms with Gasteiger partial charge in [-0.05, 0) is 31.2 Å². The molecule has 150 valence electrons. The number of nitrogens with one attached hydrogen (secondary N) is 1. The summed E-state index contributed by atoms with van der Waals surface area (Å²) in [6.45, 7) is 1.69. The molecule has 1 aromatic carbocycles. The van der Waals surface area contributed by atoms with E-state index in [-0.39, 0.29) is 10.4 Å². The van der Waals surface area contributed by atoms with Crippen LogP contribution in [0.5, 0.6) is 0 Å². The van der Waals surface area contributed by atoms with Crippen LogP contribution in [0.1, 0.15) is 10.6 Å². The third-order valence-corrected chi connectivity index (χ3v) is 5.63. The molecule has 1 N–H and O–H groups in total. The fourth-order valence-corrected chi connectivity index (χ4v) is 3.83. The second-order valence-electron chi connectivity index (χ2n) is 6.57. The molecule has 7 nitrogen and oxygen atoms in total. The quantitative estimate of drug-likeness (QED) is 0.458. The lowest BCUT2D eigenvalue weighted by Gasteiger charge is -2.04. The van der Waals surface area contributed by atoms with Gasteiger partial charge in [-0.1, -0.05) is 23.5 Å². The number of alkyl halides is 3. The Bertz CT molecular complexity index is 1480. The highest BCUT2D eigenvalue weighted by molar-refractivity contribution is 7.14. The standard InChI is InChI=1S/C19H11F3N6OS/c1-9-14(23-12-5-3-2-4-11(12)15(9)29)16-24-13-7-6-10(8-28(13)27-16)17-25-26-18(30-17)19(20,21)22/h2-8H,1H3,(H,23,29). The number of fused-ring (bicyclic) bond motifs is 2. The summed E-state index contributed by atoms with van der Waals surface area (Å²) in [5.41, 5.74) is 2.41. The van der Waals surface area contributed by atoms with Crippen LogP contribution in [0.25, 0.3) is 38.6 Å². The predicted octanol–water partition coefficient (Wildman–Crippen LogP) is 4.08. The Morgan fingerprint density at radius 2 is 1.90 bits per heavy atom. The minimum atomic E-state index is -4.54. The van der Waals surface area contributed by atoms with Crippen molar-refractivity contribution in [2.75, 3.05) is 0 Å². The largest absolute Gasteiger partial charge is 0.445 e. The molecule has 0 bridgehead atoms. The van der Waals surface area contributed by atoms with Crippen LogP contribution in [0.3, 0.4) is 0 Å². The summed E-state index contributed by atoms with van der Waals surface area (Å²) in [5.74, 6) is 0.306. The van der Waals surface area contributed by atoms with Crippen molar-refractivity contribution >= 4 is 27.9 Å². The summed E-state index contributed by atoms with van der Waals surface area (Å²) in [5, 5.41) is 10.9. The zero-order valence-corrected chi connectivity index (χ0v) is 16.0. The molecule has 0 amide bonds. The number of aromatic nitrogens is 6. The number of halogens is 3. The first-order chi connectivity index (χ1) is 14.3. The van der Waals surface area contributed by atoms with Crippen LogP contribution in [0.15, 0.2) is 47.4 Å². The van der Waals surface area contributed by atoms with E-state index in [0.717, 1.165) is 0 Å². The van der Waals surface area contributed by atoms with E-state index >= 15 is 0 Å². The molecule has 0 unspecified atom stereocenters. The third kappa shape index (κ3) is 2.94. The number of hydrogen-bond acceptors (Lipinski definition) is 6. The molecule has 0 radical (unpaired) electrons. The van der Waals surface area contributed by atoms with Gasteiger partial charge in [0.15, 0.2) is 16.9 Å². The van der Waals surface area contributed by atoms with Gasteiger partial charge in [0, 0.05) is 28.2 Å². The van der Waals surface area contributed by atoms with Gasteiger partial charge < -0.3 is 4.98 Å². The first kappa shape index (κ1) is 18.4. The summed E-state index contributed by atoms with van der Waals surface area (Å²) >= 11 is 0.454. The fourth-order valence-electron chi connectivity index (χ4n) is 3.13. The van der Waals surface area contributed by atoms with Crippen molar-refractivity contribution in [2.24, 2.45) is 0 Å². The van der Waals surface area contributed by atoms with Crippen molar-refractivity contribution in [1.29, 1.82) is 0 Å². The minimum absolute atomic E-state index is 0.118. The monoisotopic (exact) mass is 428 g/mol. The van der Waals surface area contributed by atoms with E-state index in [9.17, 15) is 18.0 Å². The lowest BCUT2D eigenvalue weighted by molar-refractivity contribution is -0.138. The summed E-state index contributed by atoms with van der Waals surface area (Å²) in [7, 11) is 0. The zero-order chi connectivity index (χ0) is 21.0. The van der Waals surface area contributed by atoms with Crippen LogP contribution in [0, 0.1) is 6.92 Å². The average Bonchev–Trinajstić information content (AvgIpc) is 3.37. The van der Waals surface area contributed by atoms with Crippen molar-refractivity contribution in [1.82, 2.24) is 29.8 Å². The molecular weight excluding hydrogens is 417 g/mol. The van der Waals surface area contributed by atoms with Crippen molar-refractivity contribution in [3.05, 3.63) is 63.4 Å². The number of rotatable bonds is 2. The number of H-pyrrole nitrogens is 1.